The molecule has 2 aliphatic rings. The van der Waals surface area contributed by atoms with Crippen LogP contribution in [-0.2, 0) is 6.54 Å². The van der Waals surface area contributed by atoms with Crippen molar-refractivity contribution < 1.29 is 14.8 Å². The lowest BCUT2D eigenvalue weighted by molar-refractivity contribution is -0.696. The summed E-state index contributed by atoms with van der Waals surface area (Å²) in [7, 11) is 0. The van der Waals surface area contributed by atoms with Crippen LogP contribution in [0.1, 0.15) is 30.3 Å². The topological polar surface area (TPSA) is 89.5 Å². The molecule has 0 aromatic carbocycles. The van der Waals surface area contributed by atoms with Crippen LogP contribution in [0.5, 0.6) is 0 Å². The standard InChI is InChI=1S/C20H27Cl2N6O2S2/c1-13(29)15-17(21)25-12-28(20(15)27-4-8-32-9-5-27)10-14(30)16-18(22)23-11-24-19(16)26-2-6-31-7-3-26/h11-14,29-30H,2-10H2,1H3/q+1/t13-,14+/m0/s1. The second-order valence-corrected chi connectivity index (χ2v) is 10.9. The van der Waals surface area contributed by atoms with Gasteiger partial charge < -0.3 is 15.1 Å². The van der Waals surface area contributed by atoms with Crippen molar-refractivity contribution in [3.63, 3.8) is 0 Å². The van der Waals surface area contributed by atoms with Gasteiger partial charge in [-0.3, -0.25) is 4.90 Å². The monoisotopic (exact) mass is 517 g/mol. The van der Waals surface area contributed by atoms with Gasteiger partial charge in [0.05, 0.1) is 24.8 Å². The largest absolute Gasteiger partial charge is 0.388 e. The lowest BCUT2D eigenvalue weighted by Crippen LogP contribution is -2.48. The average Bonchev–Trinajstić information content (AvgIpc) is 2.80. The molecule has 32 heavy (non-hydrogen) atoms. The van der Waals surface area contributed by atoms with Crippen LogP contribution in [0.25, 0.3) is 0 Å². The van der Waals surface area contributed by atoms with Crippen molar-refractivity contribution in [1.29, 1.82) is 0 Å². The van der Waals surface area contributed by atoms with Crippen molar-refractivity contribution in [2.24, 2.45) is 0 Å². The molecule has 4 heterocycles. The maximum Gasteiger partial charge on any atom is 0.234 e. The summed E-state index contributed by atoms with van der Waals surface area (Å²) in [5.41, 5.74) is 1.08. The third kappa shape index (κ3) is 5.20. The summed E-state index contributed by atoms with van der Waals surface area (Å²) >= 11 is 16.7. The maximum atomic E-state index is 11.3. The zero-order valence-corrected chi connectivity index (χ0v) is 21.0. The summed E-state index contributed by atoms with van der Waals surface area (Å²) < 4.78 is 1.85. The molecular formula is C20H27Cl2N6O2S2+. The molecule has 2 fully saturated rings. The van der Waals surface area contributed by atoms with Gasteiger partial charge >= 0.3 is 0 Å². The molecule has 0 amide bonds. The van der Waals surface area contributed by atoms with Crippen LogP contribution in [0.4, 0.5) is 11.6 Å². The fourth-order valence-corrected chi connectivity index (χ4v) is 6.41. The Morgan fingerprint density at radius 3 is 2.16 bits per heavy atom. The average molecular weight is 519 g/mol. The molecular weight excluding hydrogens is 491 g/mol. The third-order valence-electron chi connectivity index (χ3n) is 5.60. The SMILES string of the molecule is C[C@H](O)c1c(Cl)nc[n+](C[C@@H](O)c2c(Cl)ncnc2N2CCSCC2)c1N1CCSCC1. The molecule has 2 N–H and O–H groups in total. The van der Waals surface area contributed by atoms with E-state index in [1.165, 1.54) is 6.33 Å². The van der Waals surface area contributed by atoms with Gasteiger partial charge in [-0.25, -0.2) is 14.5 Å². The Morgan fingerprint density at radius 2 is 1.53 bits per heavy atom. The smallest absolute Gasteiger partial charge is 0.234 e. The van der Waals surface area contributed by atoms with E-state index in [0.29, 0.717) is 16.9 Å². The van der Waals surface area contributed by atoms with Gasteiger partial charge in [-0.15, -0.1) is 0 Å². The Morgan fingerprint density at radius 1 is 0.938 bits per heavy atom. The van der Waals surface area contributed by atoms with E-state index in [-0.39, 0.29) is 16.9 Å². The quantitative estimate of drug-likeness (QED) is 0.442. The summed E-state index contributed by atoms with van der Waals surface area (Å²) in [6, 6.07) is 0. The second kappa shape index (κ2) is 10.9. The van der Waals surface area contributed by atoms with Gasteiger partial charge in [0.2, 0.25) is 17.3 Å². The van der Waals surface area contributed by atoms with Gasteiger partial charge in [0.1, 0.15) is 35.5 Å². The number of nitrogens with zero attached hydrogens (tertiary/aromatic N) is 6. The molecule has 0 bridgehead atoms. The first-order valence-electron chi connectivity index (χ1n) is 10.6. The molecule has 8 nitrogen and oxygen atoms in total. The Balaban J connectivity index is 1.71. The molecule has 0 saturated carbocycles. The van der Waals surface area contributed by atoms with Crippen LogP contribution in [0.15, 0.2) is 12.7 Å². The molecule has 0 radical (unpaired) electrons. The molecule has 0 unspecified atom stereocenters. The zero-order valence-electron chi connectivity index (χ0n) is 17.8. The van der Waals surface area contributed by atoms with E-state index < -0.39 is 12.2 Å². The van der Waals surface area contributed by atoms with Crippen LogP contribution in [0, 0.1) is 0 Å². The van der Waals surface area contributed by atoms with Gasteiger partial charge in [0.25, 0.3) is 0 Å². The fraction of sp³-hybridized carbons (Fsp3) is 0.600. The molecule has 2 aromatic heterocycles. The highest BCUT2D eigenvalue weighted by Gasteiger charge is 2.32. The van der Waals surface area contributed by atoms with Gasteiger partial charge in [-0.2, -0.15) is 23.5 Å². The number of hydrogen-bond acceptors (Lipinski definition) is 9. The normalized spacial score (nSPS) is 19.2. The van der Waals surface area contributed by atoms with E-state index in [2.05, 4.69) is 24.8 Å². The Labute approximate surface area is 206 Å². The number of aromatic nitrogens is 4. The van der Waals surface area contributed by atoms with E-state index in [1.807, 2.05) is 28.1 Å². The van der Waals surface area contributed by atoms with Crippen molar-refractivity contribution in [2.45, 2.75) is 25.7 Å². The molecule has 4 rings (SSSR count). The number of thioether (sulfide) groups is 2. The minimum atomic E-state index is -0.957. The molecule has 174 valence electrons. The summed E-state index contributed by atoms with van der Waals surface area (Å²) in [6.07, 6.45) is 1.30. The van der Waals surface area contributed by atoms with Gasteiger partial charge in [-0.05, 0) is 18.5 Å². The number of aliphatic hydroxyl groups excluding tert-OH is 2. The number of aliphatic hydroxyl groups is 2. The first-order chi connectivity index (χ1) is 15.5. The molecule has 2 aliphatic heterocycles. The molecule has 0 aliphatic carbocycles. The molecule has 2 atom stereocenters. The second-order valence-electron chi connectivity index (χ2n) is 7.72. The predicted octanol–water partition coefficient (Wildman–Crippen LogP) is 2.36. The molecule has 12 heteroatoms. The first kappa shape index (κ1) is 24.1. The minimum Gasteiger partial charge on any atom is -0.388 e. The van der Waals surface area contributed by atoms with Crippen LogP contribution in [0.2, 0.25) is 10.3 Å². The Bertz CT molecular complexity index is 943. The predicted molar refractivity (Wildman–Crippen MR) is 131 cm³/mol. The van der Waals surface area contributed by atoms with Crippen molar-refractivity contribution in [3.8, 4) is 0 Å². The number of halogens is 2. The van der Waals surface area contributed by atoms with Crippen LogP contribution < -0.4 is 14.4 Å². The van der Waals surface area contributed by atoms with Crippen molar-refractivity contribution in [3.05, 3.63) is 34.1 Å². The molecule has 2 saturated heterocycles. The highest BCUT2D eigenvalue weighted by molar-refractivity contribution is 7.99. The fourth-order valence-electron chi connectivity index (χ4n) is 4.07. The van der Waals surface area contributed by atoms with E-state index in [1.54, 1.807) is 13.3 Å². The van der Waals surface area contributed by atoms with Gasteiger partial charge in [-0.1, -0.05) is 16.6 Å². The summed E-state index contributed by atoms with van der Waals surface area (Å²) in [4.78, 5) is 17.2. The zero-order chi connectivity index (χ0) is 22.7. The summed E-state index contributed by atoms with van der Waals surface area (Å²) in [5, 5.41) is 22.3. The van der Waals surface area contributed by atoms with Crippen LogP contribution >= 0.6 is 46.7 Å². The highest BCUT2D eigenvalue weighted by Crippen LogP contribution is 2.33. The lowest BCUT2D eigenvalue weighted by atomic mass is 10.1. The van der Waals surface area contributed by atoms with E-state index in [4.69, 9.17) is 23.2 Å². The summed E-state index contributed by atoms with van der Waals surface area (Å²) in [5.74, 6) is 5.42. The van der Waals surface area contributed by atoms with Crippen molar-refractivity contribution >= 4 is 58.4 Å². The van der Waals surface area contributed by atoms with Gasteiger partial charge in [0, 0.05) is 36.1 Å². The molecule has 2 aromatic rings. The van der Waals surface area contributed by atoms with E-state index >= 15 is 0 Å². The van der Waals surface area contributed by atoms with Gasteiger partial charge in [0.15, 0.2) is 0 Å². The lowest BCUT2D eigenvalue weighted by Gasteiger charge is -2.31. The Kier molecular flexibility index (Phi) is 8.23. The van der Waals surface area contributed by atoms with Crippen molar-refractivity contribution in [1.82, 2.24) is 15.0 Å². The minimum absolute atomic E-state index is 0.186. The van der Waals surface area contributed by atoms with E-state index in [9.17, 15) is 10.2 Å². The summed E-state index contributed by atoms with van der Waals surface area (Å²) in [6.45, 7) is 5.21. The number of rotatable bonds is 6. The van der Waals surface area contributed by atoms with Crippen LogP contribution in [-0.4, -0.2) is 74.4 Å². The van der Waals surface area contributed by atoms with Crippen LogP contribution in [0.3, 0.4) is 0 Å². The highest BCUT2D eigenvalue weighted by atomic mass is 35.5. The third-order valence-corrected chi connectivity index (χ3v) is 8.09. The van der Waals surface area contributed by atoms with Crippen molar-refractivity contribution in [2.75, 3.05) is 59.0 Å². The maximum absolute atomic E-state index is 11.3. The number of anilines is 2. The van der Waals surface area contributed by atoms with E-state index in [0.717, 1.165) is 55.0 Å². The Hall–Kier alpha value is -1.04. The molecule has 0 spiro atoms. The first-order valence-corrected chi connectivity index (χ1v) is 13.6. The number of hydrogen-bond donors (Lipinski definition) is 2.